The summed E-state index contributed by atoms with van der Waals surface area (Å²) in [6.07, 6.45) is 4.38. The molecule has 17 heavy (non-hydrogen) atoms. The zero-order chi connectivity index (χ0) is 12.5. The SMILES string of the molecule is CN(C1CCC1)S(=O)(=O)c1ccc(CN)nc1. The molecule has 1 heterocycles. The van der Waals surface area contributed by atoms with Gasteiger partial charge < -0.3 is 5.73 Å². The van der Waals surface area contributed by atoms with E-state index < -0.39 is 10.0 Å². The molecule has 0 spiro atoms. The standard InChI is InChI=1S/C11H17N3O2S/c1-14(10-3-2-4-10)17(15,16)11-6-5-9(7-12)13-8-11/h5-6,8,10H,2-4,7,12H2,1H3. The van der Waals surface area contributed by atoms with Crippen molar-refractivity contribution in [1.82, 2.24) is 9.29 Å². The van der Waals surface area contributed by atoms with Crippen molar-refractivity contribution in [3.8, 4) is 0 Å². The van der Waals surface area contributed by atoms with Gasteiger partial charge in [-0.15, -0.1) is 0 Å². The highest BCUT2D eigenvalue weighted by molar-refractivity contribution is 7.89. The molecule has 0 aliphatic heterocycles. The second-order valence-corrected chi connectivity index (χ2v) is 6.29. The van der Waals surface area contributed by atoms with Gasteiger partial charge in [0.05, 0.1) is 5.69 Å². The number of pyridine rings is 1. The lowest BCUT2D eigenvalue weighted by molar-refractivity contribution is 0.249. The Kier molecular flexibility index (Phi) is 3.46. The van der Waals surface area contributed by atoms with E-state index >= 15 is 0 Å². The van der Waals surface area contributed by atoms with Gasteiger partial charge in [-0.2, -0.15) is 4.31 Å². The Hall–Kier alpha value is -0.980. The molecule has 94 valence electrons. The number of sulfonamides is 1. The molecule has 6 heteroatoms. The van der Waals surface area contributed by atoms with Crippen LogP contribution in [0.4, 0.5) is 0 Å². The topological polar surface area (TPSA) is 76.3 Å². The summed E-state index contributed by atoms with van der Waals surface area (Å²) in [5.41, 5.74) is 6.12. The maximum absolute atomic E-state index is 12.2. The van der Waals surface area contributed by atoms with Crippen molar-refractivity contribution in [2.45, 2.75) is 36.7 Å². The molecule has 0 radical (unpaired) electrons. The third kappa shape index (κ3) is 2.34. The third-order valence-electron chi connectivity index (χ3n) is 3.27. The van der Waals surface area contributed by atoms with Gasteiger partial charge in [0.1, 0.15) is 4.90 Å². The lowest BCUT2D eigenvalue weighted by atomic mass is 9.94. The van der Waals surface area contributed by atoms with Crippen LogP contribution in [0.3, 0.4) is 0 Å². The summed E-state index contributed by atoms with van der Waals surface area (Å²) in [7, 11) is -1.76. The minimum absolute atomic E-state index is 0.147. The van der Waals surface area contributed by atoms with Gasteiger partial charge in [0.2, 0.25) is 10.0 Å². The van der Waals surface area contributed by atoms with Crippen molar-refractivity contribution in [3.05, 3.63) is 24.0 Å². The van der Waals surface area contributed by atoms with Crippen LogP contribution in [0.15, 0.2) is 23.2 Å². The Labute approximate surface area is 102 Å². The first-order chi connectivity index (χ1) is 8.05. The fraction of sp³-hybridized carbons (Fsp3) is 0.545. The minimum atomic E-state index is -3.39. The van der Waals surface area contributed by atoms with E-state index in [9.17, 15) is 8.42 Å². The van der Waals surface area contributed by atoms with Gasteiger partial charge >= 0.3 is 0 Å². The van der Waals surface area contributed by atoms with Crippen molar-refractivity contribution in [1.29, 1.82) is 0 Å². The molecule has 0 saturated heterocycles. The molecule has 2 N–H and O–H groups in total. The average molecular weight is 255 g/mol. The minimum Gasteiger partial charge on any atom is -0.325 e. The Bertz CT molecular complexity index is 480. The summed E-state index contributed by atoms with van der Waals surface area (Å²) in [5.74, 6) is 0. The van der Waals surface area contributed by atoms with Crippen LogP contribution in [-0.4, -0.2) is 30.8 Å². The van der Waals surface area contributed by atoms with Crippen LogP contribution in [0.1, 0.15) is 25.0 Å². The second-order valence-electron chi connectivity index (χ2n) is 4.30. The summed E-state index contributed by atoms with van der Waals surface area (Å²) >= 11 is 0. The Morgan fingerprint density at radius 3 is 2.59 bits per heavy atom. The highest BCUT2D eigenvalue weighted by atomic mass is 32.2. The molecule has 0 amide bonds. The summed E-state index contributed by atoms with van der Waals surface area (Å²) in [4.78, 5) is 4.26. The van der Waals surface area contributed by atoms with Crippen LogP contribution in [0.5, 0.6) is 0 Å². The molecule has 1 aliphatic carbocycles. The summed E-state index contributed by atoms with van der Waals surface area (Å²) in [5, 5.41) is 0. The number of hydrogen-bond acceptors (Lipinski definition) is 4. The van der Waals surface area contributed by atoms with Crippen LogP contribution < -0.4 is 5.73 Å². The second kappa shape index (κ2) is 4.72. The Balaban J connectivity index is 2.23. The van der Waals surface area contributed by atoms with Gasteiger partial charge in [-0.1, -0.05) is 6.42 Å². The molecule has 0 atom stereocenters. The molecule has 1 aromatic heterocycles. The van der Waals surface area contributed by atoms with Crippen LogP contribution in [0.25, 0.3) is 0 Å². The summed E-state index contributed by atoms with van der Waals surface area (Å²) < 4.78 is 25.9. The number of nitrogens with two attached hydrogens (primary N) is 1. The van der Waals surface area contributed by atoms with E-state index in [0.717, 1.165) is 19.3 Å². The van der Waals surface area contributed by atoms with E-state index in [-0.39, 0.29) is 10.9 Å². The molecular formula is C11H17N3O2S. The first-order valence-electron chi connectivity index (χ1n) is 5.68. The highest BCUT2D eigenvalue weighted by Crippen LogP contribution is 2.28. The molecule has 0 unspecified atom stereocenters. The molecular weight excluding hydrogens is 238 g/mol. The van der Waals surface area contributed by atoms with Crippen molar-refractivity contribution < 1.29 is 8.42 Å². The molecule has 1 aliphatic rings. The largest absolute Gasteiger partial charge is 0.325 e. The van der Waals surface area contributed by atoms with Crippen molar-refractivity contribution >= 4 is 10.0 Å². The first-order valence-corrected chi connectivity index (χ1v) is 7.12. The molecule has 1 saturated carbocycles. The molecule has 2 rings (SSSR count). The van der Waals surface area contributed by atoms with Crippen LogP contribution in [0.2, 0.25) is 0 Å². The van der Waals surface area contributed by atoms with Crippen molar-refractivity contribution in [3.63, 3.8) is 0 Å². The number of rotatable bonds is 4. The molecule has 1 aromatic rings. The third-order valence-corrected chi connectivity index (χ3v) is 5.17. The number of nitrogens with zero attached hydrogens (tertiary/aromatic N) is 2. The monoisotopic (exact) mass is 255 g/mol. The van der Waals surface area contributed by atoms with Crippen LogP contribution in [0, 0.1) is 0 Å². The zero-order valence-electron chi connectivity index (χ0n) is 9.83. The van der Waals surface area contributed by atoms with E-state index in [1.165, 1.54) is 10.5 Å². The maximum Gasteiger partial charge on any atom is 0.244 e. The van der Waals surface area contributed by atoms with Gasteiger partial charge in [-0.05, 0) is 25.0 Å². The molecule has 5 nitrogen and oxygen atoms in total. The first kappa shape index (κ1) is 12.5. The van der Waals surface area contributed by atoms with E-state index in [1.54, 1.807) is 19.2 Å². The van der Waals surface area contributed by atoms with Crippen molar-refractivity contribution in [2.24, 2.45) is 5.73 Å². The van der Waals surface area contributed by atoms with Gasteiger partial charge in [-0.3, -0.25) is 4.98 Å². The zero-order valence-corrected chi connectivity index (χ0v) is 10.7. The van der Waals surface area contributed by atoms with Gasteiger partial charge in [0, 0.05) is 25.8 Å². The fourth-order valence-electron chi connectivity index (χ4n) is 1.80. The fourth-order valence-corrected chi connectivity index (χ4v) is 3.16. The molecule has 1 fully saturated rings. The Morgan fingerprint density at radius 1 is 1.47 bits per heavy atom. The smallest absolute Gasteiger partial charge is 0.244 e. The van der Waals surface area contributed by atoms with Crippen LogP contribution >= 0.6 is 0 Å². The number of hydrogen-bond donors (Lipinski definition) is 1. The molecule has 0 aromatic carbocycles. The van der Waals surface area contributed by atoms with Gasteiger partial charge in [0.15, 0.2) is 0 Å². The summed E-state index contributed by atoms with van der Waals surface area (Å²) in [6, 6.07) is 3.37. The van der Waals surface area contributed by atoms with Crippen molar-refractivity contribution in [2.75, 3.05) is 7.05 Å². The summed E-state index contributed by atoms with van der Waals surface area (Å²) in [6.45, 7) is 0.318. The van der Waals surface area contributed by atoms with Gasteiger partial charge in [-0.25, -0.2) is 8.42 Å². The van der Waals surface area contributed by atoms with Crippen LogP contribution in [-0.2, 0) is 16.6 Å². The predicted molar refractivity (Wildman–Crippen MR) is 64.7 cm³/mol. The lowest BCUT2D eigenvalue weighted by Crippen LogP contribution is -2.41. The van der Waals surface area contributed by atoms with E-state index in [2.05, 4.69) is 4.98 Å². The average Bonchev–Trinajstić information content (AvgIpc) is 2.27. The lowest BCUT2D eigenvalue weighted by Gasteiger charge is -2.33. The van der Waals surface area contributed by atoms with E-state index in [1.807, 2.05) is 0 Å². The Morgan fingerprint density at radius 2 is 2.18 bits per heavy atom. The predicted octanol–water partition coefficient (Wildman–Crippen LogP) is 0.713. The number of aromatic nitrogens is 1. The van der Waals surface area contributed by atoms with E-state index in [4.69, 9.17) is 5.73 Å². The maximum atomic E-state index is 12.2. The molecule has 0 bridgehead atoms. The van der Waals surface area contributed by atoms with Gasteiger partial charge in [0.25, 0.3) is 0 Å². The normalized spacial score (nSPS) is 17.1. The van der Waals surface area contributed by atoms with E-state index in [0.29, 0.717) is 12.2 Å². The quantitative estimate of drug-likeness (QED) is 0.859. The highest BCUT2D eigenvalue weighted by Gasteiger charge is 2.31.